The van der Waals surface area contributed by atoms with Crippen LogP contribution < -0.4 is 5.73 Å². The number of unbranched alkanes of at least 4 members (excludes halogenated alkanes) is 18. The van der Waals surface area contributed by atoms with E-state index in [9.17, 15) is 4.79 Å². The monoisotopic (exact) mass is 553 g/mol. The first kappa shape index (κ1) is 38.4. The Bertz CT molecular complexity index is 469. The highest BCUT2D eigenvalue weighted by Gasteiger charge is 2.14. The molecule has 0 fully saturated rings. The molecule has 4 heteroatoms. The molecule has 39 heavy (non-hydrogen) atoms. The third kappa shape index (κ3) is 28.7. The van der Waals surface area contributed by atoms with Crippen LogP contribution in [-0.4, -0.2) is 43.2 Å². The van der Waals surface area contributed by atoms with Crippen molar-refractivity contribution in [2.75, 3.05) is 26.2 Å². The van der Waals surface area contributed by atoms with Crippen LogP contribution >= 0.6 is 0 Å². The molecule has 0 unspecified atom stereocenters. The van der Waals surface area contributed by atoms with Gasteiger partial charge in [0, 0.05) is 6.42 Å². The van der Waals surface area contributed by atoms with Crippen LogP contribution in [0.25, 0.3) is 0 Å². The van der Waals surface area contributed by atoms with Gasteiger partial charge in [-0.2, -0.15) is 0 Å². The average molecular weight is 553 g/mol. The summed E-state index contributed by atoms with van der Waals surface area (Å²) in [4.78, 5) is 15.2. The van der Waals surface area contributed by atoms with Crippen LogP contribution in [0.15, 0.2) is 0 Å². The first-order valence-corrected chi connectivity index (χ1v) is 17.8. The van der Waals surface area contributed by atoms with Crippen molar-refractivity contribution in [2.24, 2.45) is 5.73 Å². The zero-order valence-electron chi connectivity index (χ0n) is 27.1. The number of ether oxygens (including phenoxy) is 1. The van der Waals surface area contributed by atoms with E-state index in [4.69, 9.17) is 10.5 Å². The minimum absolute atomic E-state index is 0.0491. The summed E-state index contributed by atoms with van der Waals surface area (Å²) in [6.45, 7) is 11.2. The van der Waals surface area contributed by atoms with Crippen LogP contribution in [0.1, 0.15) is 188 Å². The van der Waals surface area contributed by atoms with Gasteiger partial charge in [-0.05, 0) is 77.5 Å². The summed E-state index contributed by atoms with van der Waals surface area (Å²) in [5.41, 5.74) is 5.76. The molecule has 0 amide bonds. The maximum Gasteiger partial charge on any atom is 0.306 e. The lowest BCUT2D eigenvalue weighted by atomic mass is 10.0. The van der Waals surface area contributed by atoms with Crippen LogP contribution in [0.3, 0.4) is 0 Å². The van der Waals surface area contributed by atoms with Crippen LogP contribution in [-0.2, 0) is 9.53 Å². The Balaban J connectivity index is 4.10. The zero-order valence-corrected chi connectivity index (χ0v) is 27.1. The second kappa shape index (κ2) is 31.9. The predicted molar refractivity (Wildman–Crippen MR) is 172 cm³/mol. The van der Waals surface area contributed by atoms with Crippen molar-refractivity contribution in [1.82, 2.24) is 4.90 Å². The molecule has 0 aromatic heterocycles. The van der Waals surface area contributed by atoms with Gasteiger partial charge in [0.2, 0.25) is 0 Å². The fourth-order valence-corrected chi connectivity index (χ4v) is 5.54. The van der Waals surface area contributed by atoms with Gasteiger partial charge in [-0.15, -0.1) is 0 Å². The van der Waals surface area contributed by atoms with E-state index in [0.29, 0.717) is 6.42 Å². The molecule has 0 bridgehead atoms. The Hall–Kier alpha value is -0.610. The van der Waals surface area contributed by atoms with Gasteiger partial charge in [-0.3, -0.25) is 4.79 Å². The van der Waals surface area contributed by atoms with E-state index < -0.39 is 0 Å². The van der Waals surface area contributed by atoms with Crippen molar-refractivity contribution >= 4 is 5.97 Å². The summed E-state index contributed by atoms with van der Waals surface area (Å²) in [5, 5.41) is 0. The fourth-order valence-electron chi connectivity index (χ4n) is 5.54. The second-order valence-electron chi connectivity index (χ2n) is 12.1. The highest BCUT2D eigenvalue weighted by Crippen LogP contribution is 2.18. The Morgan fingerprint density at radius 2 is 0.923 bits per heavy atom. The predicted octanol–water partition coefficient (Wildman–Crippen LogP) is 10.4. The average Bonchev–Trinajstić information content (AvgIpc) is 2.94. The summed E-state index contributed by atoms with van der Waals surface area (Å²) < 4.78 is 6.01. The lowest BCUT2D eigenvalue weighted by Crippen LogP contribution is -2.28. The second-order valence-corrected chi connectivity index (χ2v) is 12.1. The van der Waals surface area contributed by atoms with Gasteiger partial charge in [0.1, 0.15) is 6.10 Å². The summed E-state index contributed by atoms with van der Waals surface area (Å²) in [5.74, 6) is 0.0491. The van der Waals surface area contributed by atoms with Crippen molar-refractivity contribution in [3.8, 4) is 0 Å². The Labute approximate surface area is 246 Å². The topological polar surface area (TPSA) is 55.6 Å². The quantitative estimate of drug-likeness (QED) is 0.0666. The van der Waals surface area contributed by atoms with E-state index in [1.165, 1.54) is 142 Å². The molecule has 0 heterocycles. The standard InChI is InChI=1S/C35H72N2O2/c1-4-7-10-13-16-21-27-34(28-22-17-14-11-8-5-2)39-35(38)29-23-18-15-20-25-32-37(33-26-30-36)31-24-19-12-9-6-3/h34H,4-33,36H2,1-3H3. The zero-order chi connectivity index (χ0) is 28.7. The van der Waals surface area contributed by atoms with Crippen molar-refractivity contribution in [2.45, 2.75) is 194 Å². The molecule has 0 aromatic carbocycles. The van der Waals surface area contributed by atoms with Crippen LogP contribution in [0.2, 0.25) is 0 Å². The Kier molecular flexibility index (Phi) is 31.4. The lowest BCUT2D eigenvalue weighted by Gasteiger charge is -2.22. The molecule has 4 nitrogen and oxygen atoms in total. The summed E-state index contributed by atoms with van der Waals surface area (Å²) in [6.07, 6.45) is 32.3. The molecule has 0 saturated carbocycles. The van der Waals surface area contributed by atoms with Gasteiger partial charge in [-0.25, -0.2) is 0 Å². The third-order valence-electron chi connectivity index (χ3n) is 8.17. The van der Waals surface area contributed by atoms with Gasteiger partial charge in [0.05, 0.1) is 0 Å². The number of hydrogen-bond acceptors (Lipinski definition) is 4. The van der Waals surface area contributed by atoms with E-state index in [0.717, 1.165) is 45.2 Å². The molecule has 0 aliphatic carbocycles. The molecule has 0 aliphatic heterocycles. The van der Waals surface area contributed by atoms with Crippen molar-refractivity contribution < 1.29 is 9.53 Å². The van der Waals surface area contributed by atoms with E-state index in [-0.39, 0.29) is 12.1 Å². The van der Waals surface area contributed by atoms with Gasteiger partial charge in [0.25, 0.3) is 0 Å². The Morgan fingerprint density at radius 1 is 0.538 bits per heavy atom. The molecule has 234 valence electrons. The van der Waals surface area contributed by atoms with E-state index in [1.807, 2.05) is 0 Å². The summed E-state index contributed by atoms with van der Waals surface area (Å²) >= 11 is 0. The SMILES string of the molecule is CCCCCCCCC(CCCCCCCC)OC(=O)CCCCCCCN(CCCN)CCCCCCC. The Morgan fingerprint density at radius 3 is 1.38 bits per heavy atom. The molecule has 0 saturated heterocycles. The van der Waals surface area contributed by atoms with Gasteiger partial charge >= 0.3 is 5.97 Å². The highest BCUT2D eigenvalue weighted by molar-refractivity contribution is 5.69. The number of carbonyl (C=O) groups is 1. The van der Waals surface area contributed by atoms with Crippen molar-refractivity contribution in [1.29, 1.82) is 0 Å². The molecule has 0 spiro atoms. The first-order chi connectivity index (χ1) is 19.2. The van der Waals surface area contributed by atoms with Gasteiger partial charge < -0.3 is 15.4 Å². The largest absolute Gasteiger partial charge is 0.462 e. The molecule has 0 radical (unpaired) electrons. The molecular formula is C35H72N2O2. The fraction of sp³-hybridized carbons (Fsp3) is 0.971. The third-order valence-corrected chi connectivity index (χ3v) is 8.17. The smallest absolute Gasteiger partial charge is 0.306 e. The molecule has 0 atom stereocenters. The first-order valence-electron chi connectivity index (χ1n) is 17.8. The summed E-state index contributed by atoms with van der Waals surface area (Å²) in [6, 6.07) is 0. The van der Waals surface area contributed by atoms with Crippen LogP contribution in [0.4, 0.5) is 0 Å². The number of esters is 1. The van der Waals surface area contributed by atoms with Crippen molar-refractivity contribution in [3.63, 3.8) is 0 Å². The van der Waals surface area contributed by atoms with E-state index >= 15 is 0 Å². The number of rotatable bonds is 32. The number of nitrogens with zero attached hydrogens (tertiary/aromatic N) is 1. The van der Waals surface area contributed by atoms with Crippen molar-refractivity contribution in [3.05, 3.63) is 0 Å². The number of nitrogens with two attached hydrogens (primary N) is 1. The van der Waals surface area contributed by atoms with E-state index in [1.54, 1.807) is 0 Å². The minimum Gasteiger partial charge on any atom is -0.462 e. The minimum atomic E-state index is 0.0491. The molecule has 0 aromatic rings. The van der Waals surface area contributed by atoms with Crippen LogP contribution in [0.5, 0.6) is 0 Å². The lowest BCUT2D eigenvalue weighted by molar-refractivity contribution is -0.150. The molecule has 0 rings (SSSR count). The number of carbonyl (C=O) groups excluding carboxylic acids is 1. The maximum absolute atomic E-state index is 12.6. The van der Waals surface area contributed by atoms with E-state index in [2.05, 4.69) is 25.7 Å². The molecular weight excluding hydrogens is 480 g/mol. The summed E-state index contributed by atoms with van der Waals surface area (Å²) in [7, 11) is 0. The van der Waals surface area contributed by atoms with Crippen LogP contribution in [0, 0.1) is 0 Å². The maximum atomic E-state index is 12.6. The molecule has 2 N–H and O–H groups in total. The molecule has 0 aliphatic rings. The van der Waals surface area contributed by atoms with Gasteiger partial charge in [0.15, 0.2) is 0 Å². The van der Waals surface area contributed by atoms with Gasteiger partial charge in [-0.1, -0.05) is 130 Å². The highest BCUT2D eigenvalue weighted by atomic mass is 16.5. The number of hydrogen-bond donors (Lipinski definition) is 1. The normalized spacial score (nSPS) is 11.6.